The molecule has 104 valence electrons. The van der Waals surface area contributed by atoms with Crippen LogP contribution in [0.4, 0.5) is 10.1 Å². The fraction of sp³-hybridized carbons (Fsp3) is 0.533. The van der Waals surface area contributed by atoms with Crippen LogP contribution in [-0.4, -0.2) is 25.2 Å². The van der Waals surface area contributed by atoms with Crippen molar-refractivity contribution in [2.75, 3.05) is 24.5 Å². The molecule has 3 nitrogen and oxygen atoms in total. The van der Waals surface area contributed by atoms with Crippen LogP contribution in [0.3, 0.4) is 0 Å². The first-order valence-electron chi connectivity index (χ1n) is 6.72. The van der Waals surface area contributed by atoms with Crippen LogP contribution < -0.4 is 10.2 Å². The molecule has 0 aliphatic heterocycles. The summed E-state index contributed by atoms with van der Waals surface area (Å²) in [6.07, 6.45) is 0.652. The van der Waals surface area contributed by atoms with Crippen molar-refractivity contribution in [1.29, 1.82) is 5.26 Å². The number of hydrogen-bond acceptors (Lipinski definition) is 3. The third-order valence-corrected chi connectivity index (χ3v) is 3.27. The van der Waals surface area contributed by atoms with Crippen LogP contribution in [0.1, 0.15) is 27.2 Å². The second kappa shape index (κ2) is 7.10. The van der Waals surface area contributed by atoms with Crippen LogP contribution in [0.25, 0.3) is 0 Å². The maximum absolute atomic E-state index is 13.8. The summed E-state index contributed by atoms with van der Waals surface area (Å²) in [4.78, 5) is 1.96. The first-order valence-corrected chi connectivity index (χ1v) is 6.72. The monoisotopic (exact) mass is 263 g/mol. The second-order valence-electron chi connectivity index (χ2n) is 4.76. The Labute approximate surface area is 115 Å². The van der Waals surface area contributed by atoms with Gasteiger partial charge < -0.3 is 4.90 Å². The van der Waals surface area contributed by atoms with E-state index in [2.05, 4.69) is 11.4 Å². The van der Waals surface area contributed by atoms with E-state index in [4.69, 9.17) is 0 Å². The van der Waals surface area contributed by atoms with Crippen molar-refractivity contribution in [1.82, 2.24) is 5.32 Å². The number of benzene rings is 1. The van der Waals surface area contributed by atoms with Gasteiger partial charge in [0.25, 0.3) is 0 Å². The molecule has 0 saturated heterocycles. The zero-order chi connectivity index (χ0) is 14.3. The SMILES string of the molecule is CCNC(C)(C#N)CCN(CC)c1ccccc1F. The molecule has 0 bridgehead atoms. The molecular weight excluding hydrogens is 241 g/mol. The van der Waals surface area contributed by atoms with Gasteiger partial charge in [0, 0.05) is 13.1 Å². The summed E-state index contributed by atoms with van der Waals surface area (Å²) in [5.74, 6) is -0.216. The van der Waals surface area contributed by atoms with Crippen LogP contribution in [0.5, 0.6) is 0 Å². The topological polar surface area (TPSA) is 39.1 Å². The Morgan fingerprint density at radius 1 is 1.37 bits per heavy atom. The van der Waals surface area contributed by atoms with Crippen LogP contribution >= 0.6 is 0 Å². The van der Waals surface area contributed by atoms with Crippen molar-refractivity contribution in [2.45, 2.75) is 32.7 Å². The molecule has 1 N–H and O–H groups in total. The molecular formula is C15H22FN3. The van der Waals surface area contributed by atoms with Crippen LogP contribution in [0.2, 0.25) is 0 Å². The van der Waals surface area contributed by atoms with E-state index in [1.807, 2.05) is 31.7 Å². The molecule has 0 aliphatic rings. The highest BCUT2D eigenvalue weighted by Crippen LogP contribution is 2.20. The van der Waals surface area contributed by atoms with Gasteiger partial charge in [0.1, 0.15) is 11.4 Å². The number of nitrogens with one attached hydrogen (secondary N) is 1. The van der Waals surface area contributed by atoms with E-state index in [1.165, 1.54) is 6.07 Å². The molecule has 1 atom stereocenters. The fourth-order valence-electron chi connectivity index (χ4n) is 2.09. The summed E-state index contributed by atoms with van der Waals surface area (Å²) in [6, 6.07) is 9.04. The van der Waals surface area contributed by atoms with Crippen molar-refractivity contribution in [3.05, 3.63) is 30.1 Å². The lowest BCUT2D eigenvalue weighted by Crippen LogP contribution is -2.44. The zero-order valence-electron chi connectivity index (χ0n) is 11.9. The molecule has 0 spiro atoms. The highest BCUT2D eigenvalue weighted by molar-refractivity contribution is 5.47. The van der Waals surface area contributed by atoms with E-state index in [9.17, 15) is 9.65 Å². The quantitative estimate of drug-likeness (QED) is 0.822. The summed E-state index contributed by atoms with van der Waals surface area (Å²) in [5.41, 5.74) is 0.0368. The Bertz CT molecular complexity index is 441. The molecule has 1 rings (SSSR count). The summed E-state index contributed by atoms with van der Waals surface area (Å²) >= 11 is 0. The van der Waals surface area contributed by atoms with Crippen molar-refractivity contribution in [3.63, 3.8) is 0 Å². The van der Waals surface area contributed by atoms with Crippen molar-refractivity contribution in [3.8, 4) is 6.07 Å². The normalized spacial score (nSPS) is 13.6. The minimum atomic E-state index is -0.562. The average molecular weight is 263 g/mol. The van der Waals surface area contributed by atoms with Crippen LogP contribution in [-0.2, 0) is 0 Å². The fourth-order valence-corrected chi connectivity index (χ4v) is 2.09. The first kappa shape index (κ1) is 15.5. The zero-order valence-corrected chi connectivity index (χ0v) is 11.9. The van der Waals surface area contributed by atoms with Gasteiger partial charge in [-0.2, -0.15) is 5.26 Å². The lowest BCUT2D eigenvalue weighted by Gasteiger charge is -2.29. The molecule has 0 amide bonds. The smallest absolute Gasteiger partial charge is 0.146 e. The minimum Gasteiger partial charge on any atom is -0.369 e. The number of nitriles is 1. The molecule has 0 fully saturated rings. The van der Waals surface area contributed by atoms with Crippen molar-refractivity contribution in [2.24, 2.45) is 0 Å². The summed E-state index contributed by atoms with van der Waals surface area (Å²) in [7, 11) is 0. The van der Waals surface area contributed by atoms with E-state index in [-0.39, 0.29) is 5.82 Å². The Hall–Kier alpha value is -1.60. The molecule has 0 radical (unpaired) electrons. The summed E-state index contributed by atoms with van der Waals surface area (Å²) < 4.78 is 13.8. The molecule has 0 aromatic heterocycles. The standard InChI is InChI=1S/C15H22FN3/c1-4-18-15(3,12-17)10-11-19(5-2)14-9-7-6-8-13(14)16/h6-9,18H,4-5,10-11H2,1-3H3. The molecule has 0 aliphatic carbocycles. The van der Waals surface area contributed by atoms with E-state index in [0.29, 0.717) is 25.2 Å². The number of para-hydroxylation sites is 1. The summed E-state index contributed by atoms with van der Waals surface area (Å²) in [6.45, 7) is 7.96. The predicted octanol–water partition coefficient (Wildman–Crippen LogP) is 2.93. The van der Waals surface area contributed by atoms with Gasteiger partial charge in [-0.15, -0.1) is 0 Å². The maximum atomic E-state index is 13.8. The second-order valence-corrected chi connectivity index (χ2v) is 4.76. The molecule has 19 heavy (non-hydrogen) atoms. The Morgan fingerprint density at radius 3 is 2.58 bits per heavy atom. The molecule has 1 unspecified atom stereocenters. The number of anilines is 1. The molecule has 0 heterocycles. The van der Waals surface area contributed by atoms with Gasteiger partial charge in [0.05, 0.1) is 11.8 Å². The molecule has 0 saturated carbocycles. The lowest BCUT2D eigenvalue weighted by atomic mass is 9.99. The van der Waals surface area contributed by atoms with Crippen LogP contribution in [0.15, 0.2) is 24.3 Å². The average Bonchev–Trinajstić information content (AvgIpc) is 2.41. The molecule has 1 aromatic carbocycles. The van der Waals surface area contributed by atoms with Crippen LogP contribution in [0, 0.1) is 17.1 Å². The Morgan fingerprint density at radius 2 is 2.05 bits per heavy atom. The van der Waals surface area contributed by atoms with E-state index >= 15 is 0 Å². The maximum Gasteiger partial charge on any atom is 0.146 e. The lowest BCUT2D eigenvalue weighted by molar-refractivity contribution is 0.428. The predicted molar refractivity (Wildman–Crippen MR) is 76.6 cm³/mol. The molecule has 1 aromatic rings. The number of halogens is 1. The third-order valence-electron chi connectivity index (χ3n) is 3.27. The van der Waals surface area contributed by atoms with Gasteiger partial charge in [-0.05, 0) is 38.9 Å². The third kappa shape index (κ3) is 4.22. The van der Waals surface area contributed by atoms with Crippen molar-refractivity contribution >= 4 is 5.69 Å². The minimum absolute atomic E-state index is 0.216. The Kier molecular flexibility index (Phi) is 5.78. The summed E-state index contributed by atoms with van der Waals surface area (Å²) in [5, 5.41) is 12.4. The number of rotatable bonds is 7. The first-order chi connectivity index (χ1) is 9.06. The van der Waals surface area contributed by atoms with Gasteiger partial charge in [-0.1, -0.05) is 19.1 Å². The molecule has 4 heteroatoms. The van der Waals surface area contributed by atoms with Gasteiger partial charge >= 0.3 is 0 Å². The van der Waals surface area contributed by atoms with E-state index in [0.717, 1.165) is 6.54 Å². The number of hydrogen-bond donors (Lipinski definition) is 1. The highest BCUT2D eigenvalue weighted by Gasteiger charge is 2.23. The van der Waals surface area contributed by atoms with Crippen molar-refractivity contribution < 1.29 is 4.39 Å². The highest BCUT2D eigenvalue weighted by atomic mass is 19.1. The van der Waals surface area contributed by atoms with Gasteiger partial charge in [-0.3, -0.25) is 5.32 Å². The van der Waals surface area contributed by atoms with E-state index < -0.39 is 5.54 Å². The van der Waals surface area contributed by atoms with Gasteiger partial charge in [0.15, 0.2) is 0 Å². The van der Waals surface area contributed by atoms with Gasteiger partial charge in [-0.25, -0.2) is 4.39 Å². The van der Waals surface area contributed by atoms with E-state index in [1.54, 1.807) is 12.1 Å². The largest absolute Gasteiger partial charge is 0.369 e. The Balaban J connectivity index is 2.74. The number of nitrogens with zero attached hydrogens (tertiary/aromatic N) is 2. The van der Waals surface area contributed by atoms with Gasteiger partial charge in [0.2, 0.25) is 0 Å².